The number of rotatable bonds is 4. The fraction of sp³-hybridized carbons (Fsp3) is 0.900. The summed E-state index contributed by atoms with van der Waals surface area (Å²) in [5.41, 5.74) is 0. The van der Waals surface area contributed by atoms with Crippen molar-refractivity contribution < 1.29 is 9.90 Å². The van der Waals surface area contributed by atoms with E-state index in [1.807, 2.05) is 0 Å². The molecule has 0 aliphatic carbocycles. The summed E-state index contributed by atoms with van der Waals surface area (Å²) in [5.74, 6) is 0.0402. The summed E-state index contributed by atoms with van der Waals surface area (Å²) in [6, 6.07) is 0.330. The van der Waals surface area contributed by atoms with Gasteiger partial charge in [0.1, 0.15) is 0 Å². The molecule has 1 aliphatic rings. The first-order valence-electron chi connectivity index (χ1n) is 5.44. The van der Waals surface area contributed by atoms with Gasteiger partial charge in [0.15, 0.2) is 0 Å². The van der Waals surface area contributed by atoms with Crippen LogP contribution in [-0.2, 0) is 4.79 Å². The van der Waals surface area contributed by atoms with Crippen LogP contribution in [-0.4, -0.2) is 36.8 Å². The summed E-state index contributed by atoms with van der Waals surface area (Å²) in [6.45, 7) is 1.41. The second-order valence-corrected chi connectivity index (χ2v) is 3.78. The molecule has 0 aromatic heterocycles. The number of amides is 1. The molecule has 14 heavy (non-hydrogen) atoms. The first kappa shape index (κ1) is 11.5. The minimum atomic E-state index is 0.0177. The van der Waals surface area contributed by atoms with E-state index < -0.39 is 0 Å². The number of hydrogen-bond donors (Lipinski definition) is 3. The molecular formula is C10H20N2O2. The number of carbonyl (C=O) groups is 1. The summed E-state index contributed by atoms with van der Waals surface area (Å²) in [6.07, 6.45) is 5.33. The number of aliphatic hydroxyl groups is 1. The molecule has 1 fully saturated rings. The van der Waals surface area contributed by atoms with Gasteiger partial charge in [0, 0.05) is 19.0 Å². The van der Waals surface area contributed by atoms with Crippen molar-refractivity contribution in [1.29, 1.82) is 0 Å². The predicted octanol–water partition coefficient (Wildman–Crippen LogP) is 0.0172. The summed E-state index contributed by atoms with van der Waals surface area (Å²) < 4.78 is 0. The molecule has 1 rings (SSSR count). The summed E-state index contributed by atoms with van der Waals surface area (Å²) in [7, 11) is 0. The highest BCUT2D eigenvalue weighted by molar-refractivity contribution is 5.76. The Balaban J connectivity index is 2.17. The Morgan fingerprint density at radius 3 is 3.07 bits per heavy atom. The van der Waals surface area contributed by atoms with Gasteiger partial charge < -0.3 is 15.7 Å². The molecule has 1 heterocycles. The van der Waals surface area contributed by atoms with Crippen LogP contribution in [0.3, 0.4) is 0 Å². The lowest BCUT2D eigenvalue weighted by atomic mass is 10.1. The molecule has 1 amide bonds. The average Bonchev–Trinajstić information content (AvgIpc) is 2.43. The lowest BCUT2D eigenvalue weighted by Gasteiger charge is -2.14. The fourth-order valence-electron chi connectivity index (χ4n) is 1.77. The summed E-state index contributed by atoms with van der Waals surface area (Å²) in [5, 5.41) is 14.6. The maximum atomic E-state index is 11.3. The van der Waals surface area contributed by atoms with Crippen molar-refractivity contribution >= 4 is 5.91 Å². The SMILES string of the molecule is O=C(CC1CCCCCN1)NCCO. The highest BCUT2D eigenvalue weighted by atomic mass is 16.3. The van der Waals surface area contributed by atoms with Gasteiger partial charge >= 0.3 is 0 Å². The lowest BCUT2D eigenvalue weighted by Crippen LogP contribution is -2.36. The van der Waals surface area contributed by atoms with Crippen LogP contribution in [0.5, 0.6) is 0 Å². The molecule has 1 saturated heterocycles. The summed E-state index contributed by atoms with van der Waals surface area (Å²) >= 11 is 0. The maximum Gasteiger partial charge on any atom is 0.221 e. The highest BCUT2D eigenvalue weighted by Crippen LogP contribution is 2.10. The van der Waals surface area contributed by atoms with Crippen LogP contribution >= 0.6 is 0 Å². The van der Waals surface area contributed by atoms with Crippen LogP contribution in [0.2, 0.25) is 0 Å². The van der Waals surface area contributed by atoms with E-state index >= 15 is 0 Å². The third-order valence-corrected chi connectivity index (χ3v) is 2.53. The van der Waals surface area contributed by atoms with E-state index in [9.17, 15) is 4.79 Å². The number of nitrogens with one attached hydrogen (secondary N) is 2. The van der Waals surface area contributed by atoms with Crippen molar-refractivity contribution in [2.75, 3.05) is 19.7 Å². The van der Waals surface area contributed by atoms with Crippen LogP contribution in [0.1, 0.15) is 32.1 Å². The molecule has 0 radical (unpaired) electrons. The molecule has 0 spiro atoms. The first-order valence-corrected chi connectivity index (χ1v) is 5.44. The van der Waals surface area contributed by atoms with Gasteiger partial charge in [-0.25, -0.2) is 0 Å². The smallest absolute Gasteiger partial charge is 0.221 e. The van der Waals surface area contributed by atoms with Crippen LogP contribution in [0.25, 0.3) is 0 Å². The maximum absolute atomic E-state index is 11.3. The van der Waals surface area contributed by atoms with Crippen molar-refractivity contribution in [1.82, 2.24) is 10.6 Å². The molecule has 1 atom stereocenters. The van der Waals surface area contributed by atoms with Crippen molar-refractivity contribution in [3.05, 3.63) is 0 Å². The van der Waals surface area contributed by atoms with Crippen molar-refractivity contribution in [3.8, 4) is 0 Å². The molecule has 1 unspecified atom stereocenters. The molecule has 0 aromatic carbocycles. The van der Waals surface area contributed by atoms with Gasteiger partial charge in [-0.15, -0.1) is 0 Å². The molecule has 1 aliphatic heterocycles. The zero-order valence-electron chi connectivity index (χ0n) is 8.59. The first-order chi connectivity index (χ1) is 6.83. The number of aliphatic hydroxyl groups excluding tert-OH is 1. The zero-order chi connectivity index (χ0) is 10.2. The normalized spacial score (nSPS) is 22.8. The van der Waals surface area contributed by atoms with E-state index in [0.717, 1.165) is 13.0 Å². The van der Waals surface area contributed by atoms with E-state index in [1.165, 1.54) is 19.3 Å². The Labute approximate surface area is 85.1 Å². The molecule has 82 valence electrons. The standard InChI is InChI=1S/C10H20N2O2/c13-7-6-12-10(14)8-9-4-2-1-3-5-11-9/h9,11,13H,1-8H2,(H,12,14). The van der Waals surface area contributed by atoms with Crippen LogP contribution in [0.15, 0.2) is 0 Å². The van der Waals surface area contributed by atoms with Gasteiger partial charge in [-0.1, -0.05) is 12.8 Å². The highest BCUT2D eigenvalue weighted by Gasteiger charge is 2.14. The van der Waals surface area contributed by atoms with Gasteiger partial charge in [-0.2, -0.15) is 0 Å². The Morgan fingerprint density at radius 1 is 1.43 bits per heavy atom. The Kier molecular flexibility index (Phi) is 5.56. The molecule has 0 bridgehead atoms. The van der Waals surface area contributed by atoms with E-state index in [1.54, 1.807) is 0 Å². The van der Waals surface area contributed by atoms with Crippen LogP contribution in [0, 0.1) is 0 Å². The van der Waals surface area contributed by atoms with Gasteiger partial charge in [0.05, 0.1) is 6.61 Å². The third kappa shape index (κ3) is 4.58. The Morgan fingerprint density at radius 2 is 2.29 bits per heavy atom. The van der Waals surface area contributed by atoms with Gasteiger partial charge in [-0.3, -0.25) is 4.79 Å². The van der Waals surface area contributed by atoms with E-state index in [-0.39, 0.29) is 12.5 Å². The minimum absolute atomic E-state index is 0.0177. The quantitative estimate of drug-likeness (QED) is 0.599. The molecule has 4 heteroatoms. The summed E-state index contributed by atoms with van der Waals surface area (Å²) in [4.78, 5) is 11.3. The molecule has 0 aromatic rings. The van der Waals surface area contributed by atoms with Crippen LogP contribution in [0.4, 0.5) is 0 Å². The molecule has 4 nitrogen and oxygen atoms in total. The second kappa shape index (κ2) is 6.79. The molecular weight excluding hydrogens is 180 g/mol. The monoisotopic (exact) mass is 200 g/mol. The average molecular weight is 200 g/mol. The van der Waals surface area contributed by atoms with Gasteiger partial charge in [-0.05, 0) is 19.4 Å². The second-order valence-electron chi connectivity index (χ2n) is 3.78. The predicted molar refractivity (Wildman–Crippen MR) is 55.0 cm³/mol. The molecule has 3 N–H and O–H groups in total. The number of carbonyl (C=O) groups excluding carboxylic acids is 1. The number of hydrogen-bond acceptors (Lipinski definition) is 3. The van der Waals surface area contributed by atoms with Crippen molar-refractivity contribution in [2.45, 2.75) is 38.1 Å². The van der Waals surface area contributed by atoms with E-state index in [0.29, 0.717) is 19.0 Å². The van der Waals surface area contributed by atoms with Gasteiger partial charge in [0.2, 0.25) is 5.91 Å². The Hall–Kier alpha value is -0.610. The minimum Gasteiger partial charge on any atom is -0.395 e. The molecule has 0 saturated carbocycles. The lowest BCUT2D eigenvalue weighted by molar-refractivity contribution is -0.121. The fourth-order valence-corrected chi connectivity index (χ4v) is 1.77. The van der Waals surface area contributed by atoms with Gasteiger partial charge in [0.25, 0.3) is 0 Å². The Bertz CT molecular complexity index is 166. The van der Waals surface area contributed by atoms with E-state index in [4.69, 9.17) is 5.11 Å². The van der Waals surface area contributed by atoms with Crippen molar-refractivity contribution in [3.63, 3.8) is 0 Å². The third-order valence-electron chi connectivity index (χ3n) is 2.53. The largest absolute Gasteiger partial charge is 0.395 e. The van der Waals surface area contributed by atoms with Crippen molar-refractivity contribution in [2.24, 2.45) is 0 Å². The topological polar surface area (TPSA) is 61.4 Å². The van der Waals surface area contributed by atoms with Crippen LogP contribution < -0.4 is 10.6 Å². The van der Waals surface area contributed by atoms with E-state index in [2.05, 4.69) is 10.6 Å². The zero-order valence-corrected chi connectivity index (χ0v) is 8.59.